The molecular weight excluding hydrogens is 240 g/mol. The van der Waals surface area contributed by atoms with Crippen molar-refractivity contribution in [3.8, 4) is 0 Å². The number of hydrogen-bond donors (Lipinski definition) is 1. The van der Waals surface area contributed by atoms with Gasteiger partial charge in [-0.15, -0.1) is 0 Å². The molecule has 1 aliphatic rings. The minimum atomic E-state index is -0.101. The third kappa shape index (κ3) is 3.64. The van der Waals surface area contributed by atoms with Crippen molar-refractivity contribution < 1.29 is 9.59 Å². The third-order valence-corrected chi connectivity index (χ3v) is 3.59. The highest BCUT2D eigenvalue weighted by Crippen LogP contribution is 2.16. The Bertz CT molecular complexity index is 459. The second kappa shape index (κ2) is 6.48. The van der Waals surface area contributed by atoms with Crippen LogP contribution in [0.1, 0.15) is 24.8 Å². The maximum Gasteiger partial charge on any atom is 0.238 e. The SMILES string of the molecule is Cc1ccccc1NC(=O)CN1CCCCC1C=O. The Labute approximate surface area is 113 Å². The minimum Gasteiger partial charge on any atom is -0.325 e. The number of carbonyl (C=O) groups is 2. The van der Waals surface area contributed by atoms with Gasteiger partial charge in [0.1, 0.15) is 6.29 Å². The van der Waals surface area contributed by atoms with Gasteiger partial charge in [-0.2, -0.15) is 0 Å². The average Bonchev–Trinajstić information content (AvgIpc) is 2.42. The number of amides is 1. The number of hydrogen-bond acceptors (Lipinski definition) is 3. The molecule has 1 N–H and O–H groups in total. The van der Waals surface area contributed by atoms with Crippen molar-refractivity contribution >= 4 is 17.9 Å². The standard InChI is InChI=1S/C15H20N2O2/c1-12-6-2-3-8-14(12)16-15(19)10-17-9-5-4-7-13(17)11-18/h2-3,6,8,11,13H,4-5,7,9-10H2,1H3,(H,16,19). The van der Waals surface area contributed by atoms with Gasteiger partial charge in [-0.1, -0.05) is 24.6 Å². The number of para-hydroxylation sites is 1. The van der Waals surface area contributed by atoms with Crippen molar-refractivity contribution in [3.05, 3.63) is 29.8 Å². The van der Waals surface area contributed by atoms with Crippen molar-refractivity contribution in [2.75, 3.05) is 18.4 Å². The molecule has 0 aromatic heterocycles. The fraction of sp³-hybridized carbons (Fsp3) is 0.467. The summed E-state index contributed by atoms with van der Waals surface area (Å²) in [5.41, 5.74) is 1.88. The number of aldehydes is 1. The summed E-state index contributed by atoms with van der Waals surface area (Å²) in [5, 5.41) is 2.91. The van der Waals surface area contributed by atoms with Gasteiger partial charge in [0.15, 0.2) is 0 Å². The number of piperidine rings is 1. The summed E-state index contributed by atoms with van der Waals surface area (Å²) < 4.78 is 0. The Balaban J connectivity index is 1.94. The van der Waals surface area contributed by atoms with Crippen LogP contribution in [-0.4, -0.2) is 36.2 Å². The zero-order valence-corrected chi connectivity index (χ0v) is 11.3. The molecule has 1 fully saturated rings. The van der Waals surface area contributed by atoms with Crippen LogP contribution < -0.4 is 5.32 Å². The van der Waals surface area contributed by atoms with Gasteiger partial charge >= 0.3 is 0 Å². The van der Waals surface area contributed by atoms with Crippen molar-refractivity contribution in [1.29, 1.82) is 0 Å². The molecule has 19 heavy (non-hydrogen) atoms. The zero-order valence-electron chi connectivity index (χ0n) is 11.3. The van der Waals surface area contributed by atoms with Gasteiger partial charge in [0.25, 0.3) is 0 Å². The molecule has 0 radical (unpaired) electrons. The van der Waals surface area contributed by atoms with E-state index >= 15 is 0 Å². The van der Waals surface area contributed by atoms with Gasteiger partial charge < -0.3 is 10.1 Å². The summed E-state index contributed by atoms with van der Waals surface area (Å²) in [6.45, 7) is 3.08. The highest BCUT2D eigenvalue weighted by Gasteiger charge is 2.23. The predicted molar refractivity (Wildman–Crippen MR) is 75.1 cm³/mol. The lowest BCUT2D eigenvalue weighted by molar-refractivity contribution is -0.120. The van der Waals surface area contributed by atoms with Gasteiger partial charge in [-0.25, -0.2) is 0 Å². The van der Waals surface area contributed by atoms with Crippen molar-refractivity contribution in [1.82, 2.24) is 4.90 Å². The second-order valence-corrected chi connectivity index (χ2v) is 5.03. The summed E-state index contributed by atoms with van der Waals surface area (Å²) in [4.78, 5) is 25.0. The largest absolute Gasteiger partial charge is 0.325 e. The topological polar surface area (TPSA) is 49.4 Å². The molecule has 1 aromatic carbocycles. The highest BCUT2D eigenvalue weighted by molar-refractivity contribution is 5.93. The van der Waals surface area contributed by atoms with E-state index in [-0.39, 0.29) is 18.5 Å². The summed E-state index contributed by atoms with van der Waals surface area (Å²) in [5.74, 6) is -0.0527. The molecule has 102 valence electrons. The van der Waals surface area contributed by atoms with E-state index in [9.17, 15) is 9.59 Å². The van der Waals surface area contributed by atoms with E-state index in [0.29, 0.717) is 0 Å². The average molecular weight is 260 g/mol. The molecule has 4 nitrogen and oxygen atoms in total. The number of nitrogens with one attached hydrogen (secondary N) is 1. The number of carbonyl (C=O) groups excluding carboxylic acids is 2. The molecule has 1 unspecified atom stereocenters. The molecule has 1 amide bonds. The lowest BCUT2D eigenvalue weighted by Crippen LogP contribution is -2.44. The Morgan fingerprint density at radius 3 is 2.95 bits per heavy atom. The molecule has 1 aromatic rings. The molecule has 0 aliphatic carbocycles. The van der Waals surface area contributed by atoms with E-state index in [1.807, 2.05) is 36.1 Å². The second-order valence-electron chi connectivity index (χ2n) is 5.03. The molecule has 1 heterocycles. The van der Waals surface area contributed by atoms with Crippen molar-refractivity contribution in [2.45, 2.75) is 32.2 Å². The fourth-order valence-corrected chi connectivity index (χ4v) is 2.45. The van der Waals surface area contributed by atoms with Gasteiger partial charge in [0.05, 0.1) is 12.6 Å². The quantitative estimate of drug-likeness (QED) is 0.842. The van der Waals surface area contributed by atoms with Gasteiger partial charge in [-0.05, 0) is 37.9 Å². The lowest BCUT2D eigenvalue weighted by Gasteiger charge is -2.31. The van der Waals surface area contributed by atoms with E-state index in [1.165, 1.54) is 0 Å². The van der Waals surface area contributed by atoms with E-state index < -0.39 is 0 Å². The van der Waals surface area contributed by atoms with Gasteiger partial charge in [-0.3, -0.25) is 9.69 Å². The summed E-state index contributed by atoms with van der Waals surface area (Å²) in [7, 11) is 0. The van der Waals surface area contributed by atoms with E-state index in [4.69, 9.17) is 0 Å². The highest BCUT2D eigenvalue weighted by atomic mass is 16.2. The van der Waals surface area contributed by atoms with Crippen LogP contribution >= 0.6 is 0 Å². The first-order valence-corrected chi connectivity index (χ1v) is 6.75. The summed E-state index contributed by atoms with van der Waals surface area (Å²) in [6, 6.07) is 7.60. The molecule has 0 saturated carbocycles. The first-order valence-electron chi connectivity index (χ1n) is 6.75. The molecule has 2 rings (SSSR count). The van der Waals surface area contributed by atoms with E-state index in [2.05, 4.69) is 5.32 Å². The number of nitrogens with zero attached hydrogens (tertiary/aromatic N) is 1. The number of benzene rings is 1. The van der Waals surface area contributed by atoms with Crippen LogP contribution in [0.4, 0.5) is 5.69 Å². The monoisotopic (exact) mass is 260 g/mol. The zero-order chi connectivity index (χ0) is 13.7. The molecule has 0 bridgehead atoms. The molecule has 1 aliphatic heterocycles. The van der Waals surface area contributed by atoms with E-state index in [0.717, 1.165) is 43.3 Å². The lowest BCUT2D eigenvalue weighted by atomic mass is 10.0. The molecule has 1 atom stereocenters. The maximum absolute atomic E-state index is 12.0. The number of rotatable bonds is 4. The van der Waals surface area contributed by atoms with Crippen LogP contribution in [-0.2, 0) is 9.59 Å². The predicted octanol–water partition coefficient (Wildman–Crippen LogP) is 1.99. The Morgan fingerprint density at radius 1 is 1.42 bits per heavy atom. The first kappa shape index (κ1) is 13.7. The van der Waals surface area contributed by atoms with Gasteiger partial charge in [0, 0.05) is 5.69 Å². The minimum absolute atomic E-state index is 0.0527. The maximum atomic E-state index is 12.0. The number of aryl methyl sites for hydroxylation is 1. The molecular formula is C15H20N2O2. The van der Waals surface area contributed by atoms with Crippen LogP contribution in [0.15, 0.2) is 24.3 Å². The summed E-state index contributed by atoms with van der Waals surface area (Å²) >= 11 is 0. The normalized spacial score (nSPS) is 19.9. The number of anilines is 1. The Kier molecular flexibility index (Phi) is 4.68. The van der Waals surface area contributed by atoms with Crippen molar-refractivity contribution in [2.24, 2.45) is 0 Å². The van der Waals surface area contributed by atoms with Crippen LogP contribution in [0.25, 0.3) is 0 Å². The van der Waals surface area contributed by atoms with Crippen LogP contribution in [0, 0.1) is 6.92 Å². The van der Waals surface area contributed by atoms with Crippen LogP contribution in [0.3, 0.4) is 0 Å². The third-order valence-electron chi connectivity index (χ3n) is 3.59. The fourth-order valence-electron chi connectivity index (χ4n) is 2.45. The van der Waals surface area contributed by atoms with E-state index in [1.54, 1.807) is 0 Å². The smallest absolute Gasteiger partial charge is 0.238 e. The Hall–Kier alpha value is -1.68. The molecule has 4 heteroatoms. The van der Waals surface area contributed by atoms with Crippen LogP contribution in [0.5, 0.6) is 0 Å². The molecule has 1 saturated heterocycles. The summed E-state index contributed by atoms with van der Waals surface area (Å²) in [6.07, 6.45) is 3.95. The Morgan fingerprint density at radius 2 is 2.21 bits per heavy atom. The molecule has 0 spiro atoms. The first-order chi connectivity index (χ1) is 9.20. The van der Waals surface area contributed by atoms with Crippen molar-refractivity contribution in [3.63, 3.8) is 0 Å². The van der Waals surface area contributed by atoms with Gasteiger partial charge in [0.2, 0.25) is 5.91 Å². The van der Waals surface area contributed by atoms with Crippen LogP contribution in [0.2, 0.25) is 0 Å². The number of likely N-dealkylation sites (tertiary alicyclic amines) is 1.